The Morgan fingerprint density at radius 2 is 1.80 bits per heavy atom. The Morgan fingerprint density at radius 3 is 2.40 bits per heavy atom. The zero-order valence-corrected chi connectivity index (χ0v) is 22.0. The van der Waals surface area contributed by atoms with Crippen LogP contribution in [0.25, 0.3) is 16.9 Å². The van der Waals surface area contributed by atoms with Gasteiger partial charge in [0.15, 0.2) is 0 Å². The molecule has 0 aliphatic rings. The van der Waals surface area contributed by atoms with Gasteiger partial charge < -0.3 is 10.2 Å². The molecule has 0 saturated heterocycles. The molecule has 1 heterocycles. The number of halogens is 1. The van der Waals surface area contributed by atoms with E-state index in [9.17, 15) is 9.59 Å². The Labute approximate surface area is 212 Å². The van der Waals surface area contributed by atoms with Gasteiger partial charge in [0.25, 0.3) is 0 Å². The van der Waals surface area contributed by atoms with Crippen LogP contribution < -0.4 is 10.6 Å². The lowest BCUT2D eigenvalue weighted by Crippen LogP contribution is -2.51. The highest BCUT2D eigenvalue weighted by Gasteiger charge is 2.23. The monoisotopic (exact) mass is 495 g/mol. The van der Waals surface area contributed by atoms with Gasteiger partial charge in [-0.25, -0.2) is 9.78 Å². The summed E-state index contributed by atoms with van der Waals surface area (Å²) < 4.78 is 1.84. The molecule has 0 aliphatic heterocycles. The van der Waals surface area contributed by atoms with Crippen LogP contribution in [-0.4, -0.2) is 45.0 Å². The van der Waals surface area contributed by atoms with Crippen LogP contribution in [0.2, 0.25) is 5.02 Å². The van der Waals surface area contributed by atoms with Gasteiger partial charge in [-0.3, -0.25) is 14.7 Å². The maximum Gasteiger partial charge on any atom is 0.318 e. The number of anilines is 1. The lowest BCUT2D eigenvalue weighted by atomic mass is 10.1. The summed E-state index contributed by atoms with van der Waals surface area (Å²) in [5, 5.41) is 6.50. The lowest BCUT2D eigenvalue weighted by Gasteiger charge is -2.29. The summed E-state index contributed by atoms with van der Waals surface area (Å²) in [6.45, 7) is 12.1. The predicted octanol–water partition coefficient (Wildman–Crippen LogP) is 5.91. The summed E-state index contributed by atoms with van der Waals surface area (Å²) in [5.74, 6) is 0.266. The number of nitrogens with one attached hydrogen (secondary N) is 2. The summed E-state index contributed by atoms with van der Waals surface area (Å²) in [4.78, 5) is 32.2. The van der Waals surface area contributed by atoms with Crippen molar-refractivity contribution < 1.29 is 9.59 Å². The van der Waals surface area contributed by atoms with Gasteiger partial charge in [0.2, 0.25) is 11.9 Å². The van der Waals surface area contributed by atoms with Gasteiger partial charge >= 0.3 is 6.03 Å². The minimum Gasteiger partial charge on any atom is -0.333 e. The van der Waals surface area contributed by atoms with Crippen LogP contribution in [0.15, 0.2) is 54.7 Å². The Balaban J connectivity index is 1.89. The van der Waals surface area contributed by atoms with E-state index in [1.54, 1.807) is 12.1 Å². The molecule has 2 N–H and O–H groups in total. The van der Waals surface area contributed by atoms with Crippen LogP contribution in [0.3, 0.4) is 0 Å². The van der Waals surface area contributed by atoms with Crippen molar-refractivity contribution in [2.75, 3.05) is 18.4 Å². The van der Waals surface area contributed by atoms with E-state index in [1.165, 1.54) is 4.90 Å². The van der Waals surface area contributed by atoms with Crippen LogP contribution in [0.4, 0.5) is 10.7 Å². The van der Waals surface area contributed by atoms with Crippen molar-refractivity contribution in [1.82, 2.24) is 19.8 Å². The SMILES string of the molecule is Cc1cccc(-n2cc(-c3ccc(Cl)cc3)nc2NC(=O)CN(CC(C)C)C(=O)NC(C)(C)C)c1. The average molecular weight is 496 g/mol. The first-order chi connectivity index (χ1) is 16.4. The normalized spacial score (nSPS) is 11.4. The summed E-state index contributed by atoms with van der Waals surface area (Å²) in [7, 11) is 0. The van der Waals surface area contributed by atoms with E-state index in [1.807, 2.05) is 88.7 Å². The first-order valence-electron chi connectivity index (χ1n) is 11.7. The predicted molar refractivity (Wildman–Crippen MR) is 142 cm³/mol. The van der Waals surface area contributed by atoms with E-state index in [0.29, 0.717) is 23.2 Å². The minimum atomic E-state index is -0.405. The molecular formula is C27H34ClN5O2. The van der Waals surface area contributed by atoms with Gasteiger partial charge in [0.1, 0.15) is 6.54 Å². The summed E-state index contributed by atoms with van der Waals surface area (Å²) >= 11 is 6.05. The van der Waals surface area contributed by atoms with Gasteiger partial charge in [0.05, 0.1) is 5.69 Å². The highest BCUT2D eigenvalue weighted by Crippen LogP contribution is 2.26. The average Bonchev–Trinajstić information content (AvgIpc) is 3.16. The number of nitrogens with zero attached hydrogens (tertiary/aromatic N) is 3. The third-order valence-corrected chi connectivity index (χ3v) is 5.32. The van der Waals surface area contributed by atoms with Crippen LogP contribution in [0.1, 0.15) is 40.2 Å². The first kappa shape index (κ1) is 26.3. The standard InChI is InChI=1S/C27H34ClN5O2/c1-18(2)15-32(26(35)31-27(4,5)6)17-24(34)30-25-29-23(20-10-12-21(28)13-11-20)16-33(25)22-9-7-8-19(3)14-22/h7-14,16,18H,15,17H2,1-6H3,(H,31,35)(H,29,30,34). The number of rotatable bonds is 7. The Morgan fingerprint density at radius 1 is 1.11 bits per heavy atom. The van der Waals surface area contributed by atoms with Gasteiger partial charge in [-0.2, -0.15) is 0 Å². The Bertz CT molecular complexity index is 1180. The molecule has 0 saturated carbocycles. The molecule has 2 aromatic carbocycles. The maximum atomic E-state index is 13.1. The minimum absolute atomic E-state index is 0.0863. The number of carbonyl (C=O) groups excluding carboxylic acids is 2. The Hall–Kier alpha value is -3.32. The van der Waals surface area contributed by atoms with E-state index in [4.69, 9.17) is 16.6 Å². The second-order valence-corrected chi connectivity index (χ2v) is 10.6. The number of hydrogen-bond donors (Lipinski definition) is 2. The smallest absolute Gasteiger partial charge is 0.318 e. The first-order valence-corrected chi connectivity index (χ1v) is 12.1. The fraction of sp³-hybridized carbons (Fsp3) is 0.370. The van der Waals surface area contributed by atoms with Crippen molar-refractivity contribution >= 4 is 29.5 Å². The van der Waals surface area contributed by atoms with Crippen molar-refractivity contribution in [3.05, 3.63) is 65.3 Å². The Kier molecular flexibility index (Phi) is 8.22. The molecule has 8 heteroatoms. The number of benzene rings is 2. The molecule has 0 spiro atoms. The largest absolute Gasteiger partial charge is 0.333 e. The zero-order chi connectivity index (χ0) is 25.8. The van der Waals surface area contributed by atoms with Crippen LogP contribution in [0.5, 0.6) is 0 Å². The molecule has 0 bridgehead atoms. The summed E-state index contributed by atoms with van der Waals surface area (Å²) in [5.41, 5.74) is 3.13. The number of urea groups is 1. The number of carbonyl (C=O) groups is 2. The molecular weight excluding hydrogens is 462 g/mol. The lowest BCUT2D eigenvalue weighted by molar-refractivity contribution is -0.116. The maximum absolute atomic E-state index is 13.1. The van der Waals surface area contributed by atoms with Crippen molar-refractivity contribution in [2.45, 2.75) is 47.1 Å². The van der Waals surface area contributed by atoms with Crippen LogP contribution in [0, 0.1) is 12.8 Å². The van der Waals surface area contributed by atoms with Gasteiger partial charge in [0, 0.05) is 34.6 Å². The third-order valence-electron chi connectivity index (χ3n) is 5.07. The molecule has 3 aromatic rings. The molecule has 3 amide bonds. The van der Waals surface area contributed by atoms with Crippen molar-refractivity contribution in [2.24, 2.45) is 5.92 Å². The number of amides is 3. The number of aryl methyl sites for hydroxylation is 1. The molecule has 35 heavy (non-hydrogen) atoms. The fourth-order valence-electron chi connectivity index (χ4n) is 3.60. The quantitative estimate of drug-likeness (QED) is 0.428. The van der Waals surface area contributed by atoms with E-state index in [2.05, 4.69) is 10.6 Å². The van der Waals surface area contributed by atoms with E-state index >= 15 is 0 Å². The number of imidazole rings is 1. The molecule has 0 aliphatic carbocycles. The second-order valence-electron chi connectivity index (χ2n) is 10.2. The molecule has 7 nitrogen and oxygen atoms in total. The summed E-state index contributed by atoms with van der Waals surface area (Å²) in [6.07, 6.45) is 1.88. The highest BCUT2D eigenvalue weighted by molar-refractivity contribution is 6.30. The van der Waals surface area contributed by atoms with Crippen molar-refractivity contribution in [1.29, 1.82) is 0 Å². The van der Waals surface area contributed by atoms with Gasteiger partial charge in [-0.1, -0.05) is 49.7 Å². The van der Waals surface area contributed by atoms with Gasteiger partial charge in [-0.15, -0.1) is 0 Å². The number of hydrogen-bond acceptors (Lipinski definition) is 3. The van der Waals surface area contributed by atoms with Crippen LogP contribution >= 0.6 is 11.6 Å². The van der Waals surface area contributed by atoms with E-state index in [-0.39, 0.29) is 24.4 Å². The fourth-order valence-corrected chi connectivity index (χ4v) is 3.73. The van der Waals surface area contributed by atoms with E-state index in [0.717, 1.165) is 16.8 Å². The summed E-state index contributed by atoms with van der Waals surface area (Å²) in [6, 6.07) is 15.1. The van der Waals surface area contributed by atoms with Crippen LogP contribution in [-0.2, 0) is 4.79 Å². The van der Waals surface area contributed by atoms with Crippen molar-refractivity contribution in [3.8, 4) is 16.9 Å². The van der Waals surface area contributed by atoms with E-state index < -0.39 is 5.54 Å². The zero-order valence-electron chi connectivity index (χ0n) is 21.2. The van der Waals surface area contributed by atoms with Crippen molar-refractivity contribution in [3.63, 3.8) is 0 Å². The molecule has 0 radical (unpaired) electrons. The highest BCUT2D eigenvalue weighted by atomic mass is 35.5. The molecule has 1 aromatic heterocycles. The molecule has 186 valence electrons. The topological polar surface area (TPSA) is 79.3 Å². The molecule has 3 rings (SSSR count). The molecule has 0 atom stereocenters. The molecule has 0 unspecified atom stereocenters. The second kappa shape index (κ2) is 11.0. The van der Waals surface area contributed by atoms with Gasteiger partial charge in [-0.05, 0) is 63.4 Å². The number of aromatic nitrogens is 2. The third kappa shape index (κ3) is 7.59. The molecule has 0 fully saturated rings.